The minimum atomic E-state index is -4.65. The molecule has 1 aromatic rings. The lowest BCUT2D eigenvalue weighted by atomic mass is 9.96. The fourth-order valence-corrected chi connectivity index (χ4v) is 2.11. The highest BCUT2D eigenvalue weighted by Gasteiger charge is 2.53. The number of furan rings is 1. The second kappa shape index (κ2) is 4.60. The Morgan fingerprint density at radius 2 is 2.05 bits per heavy atom. The van der Waals surface area contributed by atoms with Gasteiger partial charge in [0, 0.05) is 13.1 Å². The van der Waals surface area contributed by atoms with Crippen LogP contribution in [0.3, 0.4) is 0 Å². The number of amides is 1. The van der Waals surface area contributed by atoms with Crippen LogP contribution in [0.1, 0.15) is 10.6 Å². The Bertz CT molecular complexity index is 483. The molecule has 1 aromatic heterocycles. The van der Waals surface area contributed by atoms with E-state index in [9.17, 15) is 22.8 Å². The van der Waals surface area contributed by atoms with Crippen LogP contribution < -0.4 is 0 Å². The summed E-state index contributed by atoms with van der Waals surface area (Å²) in [6, 6.07) is 2.75. The average molecular weight is 277 g/mol. The lowest BCUT2D eigenvalue weighted by Crippen LogP contribution is -2.34. The summed E-state index contributed by atoms with van der Waals surface area (Å²) in [5.74, 6) is -6.09. The Labute approximate surface area is 105 Å². The Morgan fingerprint density at radius 3 is 2.47 bits per heavy atom. The molecule has 1 aliphatic rings. The number of hydrogen-bond donors (Lipinski definition) is 1. The van der Waals surface area contributed by atoms with Crippen LogP contribution in [0.5, 0.6) is 0 Å². The van der Waals surface area contributed by atoms with E-state index in [1.807, 2.05) is 0 Å². The molecule has 2 rings (SSSR count). The molecule has 0 saturated carbocycles. The van der Waals surface area contributed by atoms with Crippen molar-refractivity contribution in [2.45, 2.75) is 6.18 Å². The summed E-state index contributed by atoms with van der Waals surface area (Å²) in [6.07, 6.45) is -3.43. The van der Waals surface area contributed by atoms with Gasteiger partial charge in [0.05, 0.1) is 18.1 Å². The molecule has 1 aliphatic heterocycles. The number of nitrogens with zero attached hydrogens (tertiary/aromatic N) is 1. The van der Waals surface area contributed by atoms with Gasteiger partial charge in [-0.25, -0.2) is 0 Å². The summed E-state index contributed by atoms with van der Waals surface area (Å²) < 4.78 is 43.0. The second-order valence-electron chi connectivity index (χ2n) is 4.28. The largest absolute Gasteiger partial charge is 0.481 e. The summed E-state index contributed by atoms with van der Waals surface area (Å²) in [5, 5.41) is 8.82. The van der Waals surface area contributed by atoms with E-state index < -0.39 is 43.0 Å². The Kier molecular flexibility index (Phi) is 3.25. The summed E-state index contributed by atoms with van der Waals surface area (Å²) in [5.41, 5.74) is 0. The molecule has 0 bridgehead atoms. The number of halogens is 3. The van der Waals surface area contributed by atoms with Crippen molar-refractivity contribution >= 4 is 11.9 Å². The topological polar surface area (TPSA) is 70.8 Å². The van der Waals surface area contributed by atoms with Crippen LogP contribution in [-0.2, 0) is 4.79 Å². The summed E-state index contributed by atoms with van der Waals surface area (Å²) >= 11 is 0. The molecule has 1 N–H and O–H groups in total. The predicted molar refractivity (Wildman–Crippen MR) is 55.3 cm³/mol. The van der Waals surface area contributed by atoms with Crippen LogP contribution in [0.25, 0.3) is 0 Å². The molecule has 1 saturated heterocycles. The van der Waals surface area contributed by atoms with Gasteiger partial charge in [0.1, 0.15) is 0 Å². The first-order valence-corrected chi connectivity index (χ1v) is 5.43. The fourth-order valence-electron chi connectivity index (χ4n) is 2.11. The van der Waals surface area contributed by atoms with Crippen LogP contribution in [0.15, 0.2) is 22.8 Å². The van der Waals surface area contributed by atoms with Crippen LogP contribution >= 0.6 is 0 Å². The number of carbonyl (C=O) groups excluding carboxylic acids is 1. The number of hydrogen-bond acceptors (Lipinski definition) is 3. The minimum Gasteiger partial charge on any atom is -0.481 e. The predicted octanol–water partition coefficient (Wildman–Crippen LogP) is 1.61. The SMILES string of the molecule is O=C(O)[C@@H]1CN(C(=O)c2ccco2)C[C@H]1C(F)(F)F. The molecule has 0 unspecified atom stereocenters. The third-order valence-corrected chi connectivity index (χ3v) is 3.08. The van der Waals surface area contributed by atoms with Gasteiger partial charge in [0.15, 0.2) is 5.76 Å². The van der Waals surface area contributed by atoms with Gasteiger partial charge in [0.2, 0.25) is 0 Å². The van der Waals surface area contributed by atoms with Crippen molar-refractivity contribution in [1.29, 1.82) is 0 Å². The summed E-state index contributed by atoms with van der Waals surface area (Å²) in [4.78, 5) is 23.5. The number of likely N-dealkylation sites (tertiary alicyclic amines) is 1. The van der Waals surface area contributed by atoms with Gasteiger partial charge >= 0.3 is 12.1 Å². The van der Waals surface area contributed by atoms with Crippen molar-refractivity contribution in [3.63, 3.8) is 0 Å². The fraction of sp³-hybridized carbons (Fsp3) is 0.455. The van der Waals surface area contributed by atoms with Crippen molar-refractivity contribution in [2.75, 3.05) is 13.1 Å². The minimum absolute atomic E-state index is 0.105. The average Bonchev–Trinajstić information content (AvgIpc) is 2.96. The van der Waals surface area contributed by atoms with Gasteiger partial charge in [-0.3, -0.25) is 9.59 Å². The van der Waals surface area contributed by atoms with Crippen LogP contribution in [0.2, 0.25) is 0 Å². The van der Waals surface area contributed by atoms with Gasteiger partial charge in [-0.15, -0.1) is 0 Å². The molecule has 5 nitrogen and oxygen atoms in total. The van der Waals surface area contributed by atoms with Crippen LogP contribution in [0.4, 0.5) is 13.2 Å². The Balaban J connectivity index is 2.19. The molecule has 104 valence electrons. The molecule has 0 radical (unpaired) electrons. The standard InChI is InChI=1S/C11H10F3NO4/c12-11(13,14)7-5-15(4-6(7)10(17)18)9(16)8-2-1-3-19-8/h1-3,6-7H,4-5H2,(H,17,18)/t6-,7-/m1/s1. The number of carboxylic acid groups (broad SMARTS) is 1. The highest BCUT2D eigenvalue weighted by molar-refractivity contribution is 5.92. The van der Waals surface area contributed by atoms with Gasteiger partial charge in [-0.1, -0.05) is 0 Å². The van der Waals surface area contributed by atoms with E-state index in [4.69, 9.17) is 9.52 Å². The van der Waals surface area contributed by atoms with Crippen molar-refractivity contribution in [2.24, 2.45) is 11.8 Å². The smallest absolute Gasteiger partial charge is 0.394 e. The number of alkyl halides is 3. The lowest BCUT2D eigenvalue weighted by molar-refractivity contribution is -0.187. The maximum absolute atomic E-state index is 12.7. The molecule has 1 fully saturated rings. The zero-order valence-corrected chi connectivity index (χ0v) is 9.55. The molecule has 0 spiro atoms. The van der Waals surface area contributed by atoms with E-state index in [2.05, 4.69) is 0 Å². The molecule has 2 atom stereocenters. The quantitative estimate of drug-likeness (QED) is 0.891. The first-order chi connectivity index (χ1) is 8.80. The van der Waals surface area contributed by atoms with Gasteiger partial charge in [-0.05, 0) is 12.1 Å². The monoisotopic (exact) mass is 277 g/mol. The molecule has 19 heavy (non-hydrogen) atoms. The Morgan fingerprint density at radius 1 is 1.37 bits per heavy atom. The summed E-state index contributed by atoms with van der Waals surface area (Å²) in [6.45, 7) is -1.14. The van der Waals surface area contributed by atoms with Crippen molar-refractivity contribution in [1.82, 2.24) is 4.90 Å². The molecule has 2 heterocycles. The van der Waals surface area contributed by atoms with Gasteiger partial charge in [0.25, 0.3) is 5.91 Å². The van der Waals surface area contributed by atoms with Crippen molar-refractivity contribution in [3.05, 3.63) is 24.2 Å². The lowest BCUT2D eigenvalue weighted by Gasteiger charge is -2.17. The molecular weight excluding hydrogens is 267 g/mol. The van der Waals surface area contributed by atoms with Crippen molar-refractivity contribution < 1.29 is 32.3 Å². The number of aliphatic carboxylic acids is 1. The molecule has 1 amide bonds. The van der Waals surface area contributed by atoms with Gasteiger partial charge < -0.3 is 14.4 Å². The molecule has 0 aromatic carbocycles. The zero-order chi connectivity index (χ0) is 14.2. The van der Waals surface area contributed by atoms with E-state index in [1.54, 1.807) is 0 Å². The molecule has 0 aliphatic carbocycles. The maximum atomic E-state index is 12.7. The van der Waals surface area contributed by atoms with E-state index in [0.29, 0.717) is 0 Å². The Hall–Kier alpha value is -1.99. The van der Waals surface area contributed by atoms with Crippen molar-refractivity contribution in [3.8, 4) is 0 Å². The number of carbonyl (C=O) groups is 2. The normalized spacial score (nSPS) is 23.6. The molecular formula is C11H10F3NO4. The first-order valence-electron chi connectivity index (χ1n) is 5.43. The summed E-state index contributed by atoms with van der Waals surface area (Å²) in [7, 11) is 0. The van der Waals surface area contributed by atoms with E-state index >= 15 is 0 Å². The highest BCUT2D eigenvalue weighted by Crippen LogP contribution is 2.38. The first kappa shape index (κ1) is 13.4. The van der Waals surface area contributed by atoms with Gasteiger partial charge in [-0.2, -0.15) is 13.2 Å². The van der Waals surface area contributed by atoms with Crippen LogP contribution in [0, 0.1) is 11.8 Å². The highest BCUT2D eigenvalue weighted by atomic mass is 19.4. The third-order valence-electron chi connectivity index (χ3n) is 3.08. The van der Waals surface area contributed by atoms with E-state index in [1.165, 1.54) is 18.4 Å². The second-order valence-corrected chi connectivity index (χ2v) is 4.28. The maximum Gasteiger partial charge on any atom is 0.394 e. The zero-order valence-electron chi connectivity index (χ0n) is 9.55. The number of rotatable bonds is 2. The molecule has 8 heteroatoms. The van der Waals surface area contributed by atoms with E-state index in [0.717, 1.165) is 4.90 Å². The number of carboxylic acids is 1. The van der Waals surface area contributed by atoms with Crippen LogP contribution in [-0.4, -0.2) is 41.1 Å². The van der Waals surface area contributed by atoms with E-state index in [-0.39, 0.29) is 5.76 Å². The third kappa shape index (κ3) is 2.56.